The highest BCUT2D eigenvalue weighted by Gasteiger charge is 2.14. The van der Waals surface area contributed by atoms with Crippen LogP contribution in [-0.2, 0) is 0 Å². The first-order chi connectivity index (χ1) is 9.01. The van der Waals surface area contributed by atoms with Gasteiger partial charge < -0.3 is 15.1 Å². The van der Waals surface area contributed by atoms with Crippen LogP contribution in [0.2, 0.25) is 10.0 Å². The molecule has 2 N–H and O–H groups in total. The first kappa shape index (κ1) is 14.6. The predicted octanol–water partition coefficient (Wildman–Crippen LogP) is 4.16. The summed E-state index contributed by atoms with van der Waals surface area (Å²) in [5, 5.41) is 14.6. The molecule has 1 heterocycles. The summed E-state index contributed by atoms with van der Waals surface area (Å²) in [6, 6.07) is 3.66. The Hall–Kier alpha value is -0.820. The van der Waals surface area contributed by atoms with Gasteiger partial charge in [0.25, 0.3) is 0 Å². The van der Waals surface area contributed by atoms with Crippen molar-refractivity contribution < 1.29 is 4.42 Å². The summed E-state index contributed by atoms with van der Waals surface area (Å²) in [5.41, 5.74) is 0.527. The molecule has 1 aromatic carbocycles. The average molecular weight is 366 g/mol. The number of benzene rings is 1. The molecule has 1 atom stereocenters. The van der Waals surface area contributed by atoms with E-state index in [9.17, 15) is 0 Å². The van der Waals surface area contributed by atoms with Crippen molar-refractivity contribution in [2.45, 2.75) is 13.0 Å². The average Bonchev–Trinajstić information content (AvgIpc) is 2.81. The van der Waals surface area contributed by atoms with Crippen molar-refractivity contribution in [3.05, 3.63) is 32.5 Å². The number of hydrogen-bond acceptors (Lipinski definition) is 5. The van der Waals surface area contributed by atoms with Gasteiger partial charge in [-0.1, -0.05) is 44.2 Å². The maximum Gasteiger partial charge on any atom is 0.320 e. The number of nitrogens with one attached hydrogen (secondary N) is 2. The fourth-order valence-corrected chi connectivity index (χ4v) is 2.66. The maximum atomic E-state index is 6.10. The Kier molecular flexibility index (Phi) is 4.67. The van der Waals surface area contributed by atoms with Crippen molar-refractivity contribution >= 4 is 50.8 Å². The Morgan fingerprint density at radius 3 is 2.47 bits per heavy atom. The SMILES string of the molecule is CNC(C)c1nnc(Nc2c(Cl)cc(Br)cc2Cl)o1. The number of nitrogens with zero attached hydrogens (tertiary/aromatic N) is 2. The lowest BCUT2D eigenvalue weighted by molar-refractivity contribution is 0.443. The van der Waals surface area contributed by atoms with Crippen molar-refractivity contribution in [3.8, 4) is 0 Å². The van der Waals surface area contributed by atoms with Crippen LogP contribution >= 0.6 is 39.1 Å². The molecular formula is C11H11BrCl2N4O. The summed E-state index contributed by atoms with van der Waals surface area (Å²) < 4.78 is 6.25. The van der Waals surface area contributed by atoms with Gasteiger partial charge in [-0.2, -0.15) is 0 Å². The Bertz CT molecular complexity index is 567. The minimum atomic E-state index is -0.0288. The van der Waals surface area contributed by atoms with Gasteiger partial charge in [0.15, 0.2) is 0 Å². The van der Waals surface area contributed by atoms with E-state index in [2.05, 4.69) is 36.8 Å². The molecule has 102 valence electrons. The van der Waals surface area contributed by atoms with Crippen molar-refractivity contribution in [2.75, 3.05) is 12.4 Å². The number of rotatable bonds is 4. The van der Waals surface area contributed by atoms with Crippen LogP contribution in [0.15, 0.2) is 21.0 Å². The van der Waals surface area contributed by atoms with E-state index in [-0.39, 0.29) is 12.1 Å². The Labute approximate surface area is 128 Å². The van der Waals surface area contributed by atoms with Crippen LogP contribution in [0.3, 0.4) is 0 Å². The molecule has 0 aliphatic heterocycles. The Morgan fingerprint density at radius 2 is 1.89 bits per heavy atom. The number of aromatic nitrogens is 2. The van der Waals surface area contributed by atoms with Gasteiger partial charge in [0, 0.05) is 4.47 Å². The van der Waals surface area contributed by atoms with Crippen LogP contribution < -0.4 is 10.6 Å². The van der Waals surface area contributed by atoms with Gasteiger partial charge >= 0.3 is 6.01 Å². The largest absolute Gasteiger partial charge is 0.406 e. The van der Waals surface area contributed by atoms with E-state index >= 15 is 0 Å². The van der Waals surface area contributed by atoms with Gasteiger partial charge in [0.1, 0.15) is 0 Å². The van der Waals surface area contributed by atoms with Crippen LogP contribution in [0.1, 0.15) is 18.9 Å². The molecular weight excluding hydrogens is 355 g/mol. The normalized spacial score (nSPS) is 12.5. The molecule has 2 aromatic rings. The summed E-state index contributed by atoms with van der Waals surface area (Å²) >= 11 is 15.5. The van der Waals surface area contributed by atoms with Crippen molar-refractivity contribution in [1.82, 2.24) is 15.5 Å². The monoisotopic (exact) mass is 364 g/mol. The van der Waals surface area contributed by atoms with Crippen LogP contribution in [0.25, 0.3) is 0 Å². The summed E-state index contributed by atoms with van der Waals surface area (Å²) in [5.74, 6) is 0.481. The molecule has 5 nitrogen and oxygen atoms in total. The number of hydrogen-bond donors (Lipinski definition) is 2. The van der Waals surface area contributed by atoms with E-state index in [1.807, 2.05) is 14.0 Å². The fourth-order valence-electron chi connectivity index (χ4n) is 1.35. The topological polar surface area (TPSA) is 63.0 Å². The molecule has 0 aliphatic rings. The van der Waals surface area contributed by atoms with Gasteiger partial charge in [-0.3, -0.25) is 0 Å². The molecule has 1 unspecified atom stereocenters. The first-order valence-electron chi connectivity index (χ1n) is 5.43. The van der Waals surface area contributed by atoms with Gasteiger partial charge in [-0.15, -0.1) is 5.10 Å². The van der Waals surface area contributed by atoms with Crippen molar-refractivity contribution in [2.24, 2.45) is 0 Å². The molecule has 1 aromatic heterocycles. The summed E-state index contributed by atoms with van der Waals surface area (Å²) in [4.78, 5) is 0. The van der Waals surface area contributed by atoms with Gasteiger partial charge in [-0.25, -0.2) is 0 Å². The fraction of sp³-hybridized carbons (Fsp3) is 0.273. The molecule has 0 radical (unpaired) electrons. The third-order valence-corrected chi connectivity index (χ3v) is 3.54. The minimum absolute atomic E-state index is 0.0288. The van der Waals surface area contributed by atoms with Crippen LogP contribution in [0, 0.1) is 0 Å². The maximum absolute atomic E-state index is 6.10. The highest BCUT2D eigenvalue weighted by molar-refractivity contribution is 9.10. The molecule has 0 saturated carbocycles. The zero-order valence-corrected chi connectivity index (χ0v) is 13.3. The van der Waals surface area contributed by atoms with Crippen molar-refractivity contribution in [1.29, 1.82) is 0 Å². The number of anilines is 2. The van der Waals surface area contributed by atoms with Crippen molar-refractivity contribution in [3.63, 3.8) is 0 Å². The molecule has 8 heteroatoms. The van der Waals surface area contributed by atoms with E-state index in [1.165, 1.54) is 0 Å². The lowest BCUT2D eigenvalue weighted by Gasteiger charge is -2.07. The Morgan fingerprint density at radius 1 is 1.26 bits per heavy atom. The molecule has 0 bridgehead atoms. The van der Waals surface area contributed by atoms with Crippen LogP contribution in [0.4, 0.5) is 11.7 Å². The molecule has 19 heavy (non-hydrogen) atoms. The predicted molar refractivity (Wildman–Crippen MR) is 79.2 cm³/mol. The molecule has 0 amide bonds. The van der Waals surface area contributed by atoms with Crippen LogP contribution in [0.5, 0.6) is 0 Å². The summed E-state index contributed by atoms with van der Waals surface area (Å²) in [7, 11) is 1.81. The molecule has 2 rings (SSSR count). The quantitative estimate of drug-likeness (QED) is 0.851. The molecule has 0 aliphatic carbocycles. The molecule has 0 saturated heterocycles. The lowest BCUT2D eigenvalue weighted by Crippen LogP contribution is -2.12. The van der Waals surface area contributed by atoms with E-state index in [0.29, 0.717) is 21.6 Å². The third-order valence-electron chi connectivity index (χ3n) is 2.48. The third kappa shape index (κ3) is 3.39. The highest BCUT2D eigenvalue weighted by atomic mass is 79.9. The van der Waals surface area contributed by atoms with E-state index in [0.717, 1.165) is 4.47 Å². The first-order valence-corrected chi connectivity index (χ1v) is 6.98. The van der Waals surface area contributed by atoms with Gasteiger partial charge in [0.2, 0.25) is 5.89 Å². The second-order valence-corrected chi connectivity index (χ2v) is 5.56. The zero-order chi connectivity index (χ0) is 14.0. The lowest BCUT2D eigenvalue weighted by atomic mass is 10.3. The Balaban J connectivity index is 2.24. The van der Waals surface area contributed by atoms with E-state index in [1.54, 1.807) is 12.1 Å². The number of halogens is 3. The molecule has 0 spiro atoms. The second-order valence-electron chi connectivity index (χ2n) is 3.83. The smallest absolute Gasteiger partial charge is 0.320 e. The second kappa shape index (κ2) is 6.09. The van der Waals surface area contributed by atoms with Gasteiger partial charge in [-0.05, 0) is 26.1 Å². The summed E-state index contributed by atoms with van der Waals surface area (Å²) in [6.07, 6.45) is 0. The molecule has 0 fully saturated rings. The summed E-state index contributed by atoms with van der Waals surface area (Å²) in [6.45, 7) is 1.91. The van der Waals surface area contributed by atoms with E-state index in [4.69, 9.17) is 27.6 Å². The minimum Gasteiger partial charge on any atom is -0.406 e. The standard InChI is InChI=1S/C11H11BrCl2N4O/c1-5(15-2)10-17-18-11(19-10)16-9-7(13)3-6(12)4-8(9)14/h3-5,15H,1-2H3,(H,16,18). The van der Waals surface area contributed by atoms with Crippen LogP contribution in [-0.4, -0.2) is 17.2 Å². The highest BCUT2D eigenvalue weighted by Crippen LogP contribution is 2.35. The van der Waals surface area contributed by atoms with E-state index < -0.39 is 0 Å². The van der Waals surface area contributed by atoms with Gasteiger partial charge in [0.05, 0.1) is 21.8 Å². The zero-order valence-electron chi connectivity index (χ0n) is 10.2.